The highest BCUT2D eigenvalue weighted by Crippen LogP contribution is 2.37. The Bertz CT molecular complexity index is 486. The van der Waals surface area contributed by atoms with E-state index in [2.05, 4.69) is 4.98 Å². The molecule has 1 fully saturated rings. The first-order valence-corrected chi connectivity index (χ1v) is 7.65. The highest BCUT2D eigenvalue weighted by molar-refractivity contribution is 7.86. The van der Waals surface area contributed by atoms with Gasteiger partial charge in [-0.1, -0.05) is 24.1 Å². The fraction of sp³-hybridized carbons (Fsp3) is 0.545. The molecule has 0 bridgehead atoms. The highest BCUT2D eigenvalue weighted by atomic mass is 35.5. The first-order chi connectivity index (χ1) is 7.96. The van der Waals surface area contributed by atoms with Crippen molar-refractivity contribution in [2.45, 2.75) is 31.3 Å². The van der Waals surface area contributed by atoms with Gasteiger partial charge in [-0.3, -0.25) is 4.18 Å². The van der Waals surface area contributed by atoms with E-state index in [-0.39, 0.29) is 12.0 Å². The number of rotatable bonds is 3. The Balaban J connectivity index is 2.17. The van der Waals surface area contributed by atoms with Crippen molar-refractivity contribution in [1.29, 1.82) is 0 Å². The van der Waals surface area contributed by atoms with Gasteiger partial charge in [0.1, 0.15) is 5.15 Å². The van der Waals surface area contributed by atoms with Crippen molar-refractivity contribution >= 4 is 21.7 Å². The van der Waals surface area contributed by atoms with Gasteiger partial charge in [-0.15, -0.1) is 0 Å². The minimum absolute atomic E-state index is 0.0921. The van der Waals surface area contributed by atoms with E-state index in [0.717, 1.165) is 31.1 Å². The fourth-order valence-corrected chi connectivity index (χ4v) is 3.04. The predicted octanol–water partition coefficient (Wildman–Crippen LogP) is 2.35. The number of hydrogen-bond acceptors (Lipinski definition) is 4. The van der Waals surface area contributed by atoms with E-state index in [1.165, 1.54) is 0 Å². The van der Waals surface area contributed by atoms with Crippen molar-refractivity contribution in [3.63, 3.8) is 0 Å². The molecule has 94 valence electrons. The number of aromatic nitrogens is 1. The van der Waals surface area contributed by atoms with E-state index < -0.39 is 10.1 Å². The van der Waals surface area contributed by atoms with Gasteiger partial charge in [0.05, 0.1) is 12.4 Å². The summed E-state index contributed by atoms with van der Waals surface area (Å²) in [5, 5.41) is 0.437. The van der Waals surface area contributed by atoms with Crippen LogP contribution in [-0.2, 0) is 14.3 Å². The zero-order valence-corrected chi connectivity index (χ0v) is 11.0. The molecule has 17 heavy (non-hydrogen) atoms. The molecular weight excluding hydrogens is 262 g/mol. The first kappa shape index (κ1) is 12.8. The second kappa shape index (κ2) is 4.92. The second-order valence-electron chi connectivity index (χ2n) is 4.29. The maximum absolute atomic E-state index is 11.2. The van der Waals surface area contributed by atoms with Gasteiger partial charge in [-0.05, 0) is 24.5 Å². The number of halogens is 1. The Morgan fingerprint density at radius 3 is 2.76 bits per heavy atom. The van der Waals surface area contributed by atoms with Crippen LogP contribution < -0.4 is 0 Å². The Hall–Kier alpha value is -0.650. The normalized spacial score (nSPS) is 25.1. The van der Waals surface area contributed by atoms with E-state index in [9.17, 15) is 8.42 Å². The summed E-state index contributed by atoms with van der Waals surface area (Å²) in [5.74, 6) is 0.0921. The fourth-order valence-electron chi connectivity index (χ4n) is 2.25. The molecule has 1 aromatic rings. The lowest BCUT2D eigenvalue weighted by molar-refractivity contribution is 0.200. The van der Waals surface area contributed by atoms with Gasteiger partial charge >= 0.3 is 0 Å². The Labute approximate surface area is 106 Å². The van der Waals surface area contributed by atoms with Crippen LogP contribution in [0.2, 0.25) is 5.15 Å². The number of hydrogen-bond donors (Lipinski definition) is 0. The third-order valence-electron chi connectivity index (χ3n) is 2.93. The number of pyridine rings is 1. The molecule has 0 aromatic carbocycles. The summed E-state index contributed by atoms with van der Waals surface area (Å²) < 4.78 is 27.4. The van der Waals surface area contributed by atoms with Crippen molar-refractivity contribution in [2.75, 3.05) is 6.26 Å². The summed E-state index contributed by atoms with van der Waals surface area (Å²) in [7, 11) is -3.40. The zero-order valence-electron chi connectivity index (χ0n) is 9.47. The average molecular weight is 276 g/mol. The van der Waals surface area contributed by atoms with Crippen LogP contribution >= 0.6 is 11.6 Å². The van der Waals surface area contributed by atoms with Crippen LogP contribution in [0.15, 0.2) is 18.3 Å². The van der Waals surface area contributed by atoms with Crippen LogP contribution in [-0.4, -0.2) is 25.8 Å². The van der Waals surface area contributed by atoms with E-state index in [1.54, 1.807) is 12.3 Å². The molecule has 0 radical (unpaired) electrons. The maximum atomic E-state index is 11.2. The van der Waals surface area contributed by atoms with Gasteiger partial charge in [0, 0.05) is 12.1 Å². The molecule has 1 aromatic heterocycles. The molecule has 0 amide bonds. The Morgan fingerprint density at radius 2 is 2.18 bits per heavy atom. The second-order valence-corrected chi connectivity index (χ2v) is 6.28. The molecule has 1 aliphatic rings. The smallest absolute Gasteiger partial charge is 0.264 e. The third-order valence-corrected chi connectivity index (χ3v) is 3.75. The van der Waals surface area contributed by atoms with Crippen LogP contribution in [0.1, 0.15) is 30.7 Å². The summed E-state index contributed by atoms with van der Waals surface area (Å²) in [6.07, 6.45) is 5.16. The van der Waals surface area contributed by atoms with Gasteiger partial charge in [0.15, 0.2) is 0 Å². The third kappa shape index (κ3) is 3.40. The van der Waals surface area contributed by atoms with Crippen LogP contribution in [0.3, 0.4) is 0 Å². The minimum atomic E-state index is -3.40. The van der Waals surface area contributed by atoms with Gasteiger partial charge in [0.2, 0.25) is 0 Å². The SMILES string of the molecule is CS(=O)(=O)O[C@H]1CCC[C@@H]1c1ccc(Cl)nc1. The molecule has 1 aliphatic carbocycles. The van der Waals surface area contributed by atoms with Gasteiger partial charge in [-0.25, -0.2) is 4.98 Å². The van der Waals surface area contributed by atoms with E-state index in [1.807, 2.05) is 6.07 Å². The van der Waals surface area contributed by atoms with Crippen molar-refractivity contribution in [1.82, 2.24) is 4.98 Å². The topological polar surface area (TPSA) is 56.3 Å². The molecule has 4 nitrogen and oxygen atoms in total. The predicted molar refractivity (Wildman–Crippen MR) is 65.6 cm³/mol. The monoisotopic (exact) mass is 275 g/mol. The van der Waals surface area contributed by atoms with Crippen LogP contribution in [0.5, 0.6) is 0 Å². The molecule has 1 heterocycles. The highest BCUT2D eigenvalue weighted by Gasteiger charge is 2.32. The minimum Gasteiger partial charge on any atom is -0.266 e. The maximum Gasteiger partial charge on any atom is 0.264 e. The average Bonchev–Trinajstić information content (AvgIpc) is 2.64. The van der Waals surface area contributed by atoms with Gasteiger partial charge in [-0.2, -0.15) is 8.42 Å². The lowest BCUT2D eigenvalue weighted by atomic mass is 9.98. The molecule has 2 rings (SSSR count). The molecule has 0 unspecified atom stereocenters. The first-order valence-electron chi connectivity index (χ1n) is 5.45. The van der Waals surface area contributed by atoms with Crippen molar-refractivity contribution in [3.8, 4) is 0 Å². The lowest BCUT2D eigenvalue weighted by Crippen LogP contribution is -2.20. The van der Waals surface area contributed by atoms with E-state index in [0.29, 0.717) is 5.15 Å². The zero-order chi connectivity index (χ0) is 12.5. The van der Waals surface area contributed by atoms with Crippen molar-refractivity contribution < 1.29 is 12.6 Å². The summed E-state index contributed by atoms with van der Waals surface area (Å²) in [6, 6.07) is 3.59. The lowest BCUT2D eigenvalue weighted by Gasteiger charge is -2.18. The van der Waals surface area contributed by atoms with E-state index in [4.69, 9.17) is 15.8 Å². The summed E-state index contributed by atoms with van der Waals surface area (Å²) >= 11 is 5.72. The Morgan fingerprint density at radius 1 is 1.41 bits per heavy atom. The standard InChI is InChI=1S/C11H14ClNO3S/c1-17(14,15)16-10-4-2-3-9(10)8-5-6-11(12)13-7-8/h5-7,9-10H,2-4H2,1H3/t9-,10+/m1/s1. The largest absolute Gasteiger partial charge is 0.266 e. The molecule has 1 saturated carbocycles. The van der Waals surface area contributed by atoms with Gasteiger partial charge in [0.25, 0.3) is 10.1 Å². The molecule has 0 saturated heterocycles. The van der Waals surface area contributed by atoms with Crippen molar-refractivity contribution in [3.05, 3.63) is 29.0 Å². The van der Waals surface area contributed by atoms with Gasteiger partial charge < -0.3 is 0 Å². The van der Waals surface area contributed by atoms with Crippen LogP contribution in [0, 0.1) is 0 Å². The van der Waals surface area contributed by atoms with Crippen LogP contribution in [0.25, 0.3) is 0 Å². The quantitative estimate of drug-likeness (QED) is 0.628. The molecule has 0 spiro atoms. The Kier molecular flexibility index (Phi) is 3.70. The van der Waals surface area contributed by atoms with E-state index >= 15 is 0 Å². The van der Waals surface area contributed by atoms with Crippen molar-refractivity contribution in [2.24, 2.45) is 0 Å². The molecular formula is C11H14ClNO3S. The molecule has 0 N–H and O–H groups in total. The summed E-state index contributed by atoms with van der Waals surface area (Å²) in [5.41, 5.74) is 0.987. The molecule has 6 heteroatoms. The van der Waals surface area contributed by atoms with Crippen LogP contribution in [0.4, 0.5) is 0 Å². The summed E-state index contributed by atoms with van der Waals surface area (Å²) in [6.45, 7) is 0. The molecule has 0 aliphatic heterocycles. The molecule has 2 atom stereocenters. The number of nitrogens with zero attached hydrogens (tertiary/aromatic N) is 1. The summed E-state index contributed by atoms with van der Waals surface area (Å²) in [4.78, 5) is 4.02.